The molecule has 1 unspecified atom stereocenters. The summed E-state index contributed by atoms with van der Waals surface area (Å²) in [6.45, 7) is 2.32. The van der Waals surface area contributed by atoms with Gasteiger partial charge in [0.2, 0.25) is 10.0 Å². The molecule has 0 bridgehead atoms. The fraction of sp³-hybridized carbons (Fsp3) is 0.500. The van der Waals surface area contributed by atoms with Crippen molar-refractivity contribution in [2.75, 3.05) is 19.5 Å². The molecule has 1 aromatic rings. The van der Waals surface area contributed by atoms with Crippen molar-refractivity contribution in [1.82, 2.24) is 4.72 Å². The molecule has 8 heteroatoms. The van der Waals surface area contributed by atoms with Gasteiger partial charge in [0, 0.05) is 27.8 Å². The second-order valence-electron chi connectivity index (χ2n) is 4.38. The third-order valence-electron chi connectivity index (χ3n) is 2.62. The van der Waals surface area contributed by atoms with Gasteiger partial charge < -0.3 is 10.5 Å². The molecule has 0 aromatic heterocycles. The molecule has 5 nitrogen and oxygen atoms in total. The Bertz CT molecular complexity index is 535. The Morgan fingerprint density at radius 1 is 1.35 bits per heavy atom. The molecule has 20 heavy (non-hydrogen) atoms. The number of nitrogens with two attached hydrogens (primary N) is 1. The first-order valence-electron chi connectivity index (χ1n) is 6.07. The van der Waals surface area contributed by atoms with Crippen LogP contribution in [0.5, 0.6) is 0 Å². The zero-order valence-electron chi connectivity index (χ0n) is 11.3. The van der Waals surface area contributed by atoms with E-state index in [0.29, 0.717) is 27.7 Å². The molecule has 3 N–H and O–H groups in total. The number of rotatable bonds is 7. The maximum atomic E-state index is 12.5. The van der Waals surface area contributed by atoms with E-state index in [2.05, 4.69) is 36.6 Å². The molecule has 1 atom stereocenters. The van der Waals surface area contributed by atoms with Gasteiger partial charge in [-0.15, -0.1) is 0 Å². The first-order chi connectivity index (χ1) is 9.31. The van der Waals surface area contributed by atoms with Crippen LogP contribution in [-0.4, -0.2) is 28.2 Å². The van der Waals surface area contributed by atoms with Crippen LogP contribution in [0.15, 0.2) is 26.0 Å². The lowest BCUT2D eigenvalue weighted by atomic mass is 10.2. The maximum absolute atomic E-state index is 12.5. The molecular formula is C12H18Br2N2O3S. The van der Waals surface area contributed by atoms with Crippen molar-refractivity contribution in [3.05, 3.63) is 21.1 Å². The van der Waals surface area contributed by atoms with E-state index in [1.165, 1.54) is 0 Å². The summed E-state index contributed by atoms with van der Waals surface area (Å²) in [6.07, 6.45) is 1.57. The third kappa shape index (κ3) is 4.70. The van der Waals surface area contributed by atoms with Crippen molar-refractivity contribution >= 4 is 47.6 Å². The van der Waals surface area contributed by atoms with Gasteiger partial charge in [-0.2, -0.15) is 0 Å². The Balaban J connectivity index is 3.10. The molecule has 0 aliphatic rings. The quantitative estimate of drug-likeness (QED) is 0.653. The SMILES string of the molecule is CCCC(COC)NS(=O)(=O)c1c(Br)cc(N)cc1Br. The number of halogens is 2. The Labute approximate surface area is 136 Å². The van der Waals surface area contributed by atoms with E-state index in [9.17, 15) is 8.42 Å². The maximum Gasteiger partial charge on any atom is 0.243 e. The second-order valence-corrected chi connectivity index (χ2v) is 7.74. The summed E-state index contributed by atoms with van der Waals surface area (Å²) in [5, 5.41) is 0. The first-order valence-corrected chi connectivity index (χ1v) is 9.14. The average molecular weight is 430 g/mol. The third-order valence-corrected chi connectivity index (χ3v) is 6.01. The number of nitrogen functional groups attached to an aromatic ring is 1. The molecule has 0 aliphatic carbocycles. The highest BCUT2D eigenvalue weighted by atomic mass is 79.9. The number of methoxy groups -OCH3 is 1. The normalized spacial score (nSPS) is 13.4. The molecule has 0 aliphatic heterocycles. The van der Waals surface area contributed by atoms with Crippen molar-refractivity contribution in [3.8, 4) is 0 Å². The van der Waals surface area contributed by atoms with E-state index in [0.717, 1.165) is 6.42 Å². The van der Waals surface area contributed by atoms with E-state index < -0.39 is 10.0 Å². The van der Waals surface area contributed by atoms with Crippen molar-refractivity contribution in [1.29, 1.82) is 0 Å². The van der Waals surface area contributed by atoms with Gasteiger partial charge in [0.1, 0.15) is 4.90 Å². The fourth-order valence-electron chi connectivity index (χ4n) is 1.84. The minimum atomic E-state index is -3.66. The molecule has 0 amide bonds. The van der Waals surface area contributed by atoms with Gasteiger partial charge in [0.05, 0.1) is 6.61 Å². The summed E-state index contributed by atoms with van der Waals surface area (Å²) in [5.41, 5.74) is 6.15. The average Bonchev–Trinajstić information content (AvgIpc) is 2.26. The zero-order valence-corrected chi connectivity index (χ0v) is 15.3. The number of nitrogens with one attached hydrogen (secondary N) is 1. The Kier molecular flexibility index (Phi) is 6.93. The Morgan fingerprint density at radius 2 is 1.90 bits per heavy atom. The van der Waals surface area contributed by atoms with Crippen molar-refractivity contribution in [2.24, 2.45) is 0 Å². The fourth-order valence-corrected chi connectivity index (χ4v) is 5.71. The molecule has 114 valence electrons. The molecule has 0 saturated heterocycles. The molecule has 0 saturated carbocycles. The monoisotopic (exact) mass is 428 g/mol. The van der Waals surface area contributed by atoms with Crippen molar-refractivity contribution in [2.45, 2.75) is 30.7 Å². The zero-order chi connectivity index (χ0) is 15.3. The summed E-state index contributed by atoms with van der Waals surface area (Å²) in [4.78, 5) is 0.143. The molecule has 0 fully saturated rings. The lowest BCUT2D eigenvalue weighted by Gasteiger charge is -2.18. The van der Waals surface area contributed by atoms with E-state index in [-0.39, 0.29) is 10.9 Å². The Hall–Kier alpha value is -0.150. The number of benzene rings is 1. The van der Waals surface area contributed by atoms with Crippen LogP contribution in [0.2, 0.25) is 0 Å². The van der Waals surface area contributed by atoms with Gasteiger partial charge in [0.15, 0.2) is 0 Å². The van der Waals surface area contributed by atoms with Gasteiger partial charge >= 0.3 is 0 Å². The number of hydrogen-bond acceptors (Lipinski definition) is 4. The second kappa shape index (κ2) is 7.74. The molecule has 0 spiro atoms. The minimum absolute atomic E-state index is 0.143. The summed E-state index contributed by atoms with van der Waals surface area (Å²) in [7, 11) is -2.11. The van der Waals surface area contributed by atoms with Crippen LogP contribution in [0.4, 0.5) is 5.69 Å². The summed E-state index contributed by atoms with van der Waals surface area (Å²) >= 11 is 6.48. The van der Waals surface area contributed by atoms with Crippen LogP contribution in [0.25, 0.3) is 0 Å². The summed E-state index contributed by atoms with van der Waals surface area (Å²) in [6, 6.07) is 2.86. The van der Waals surface area contributed by atoms with Crippen LogP contribution in [0.1, 0.15) is 19.8 Å². The van der Waals surface area contributed by atoms with E-state index >= 15 is 0 Å². The van der Waals surface area contributed by atoms with Gasteiger partial charge in [0.25, 0.3) is 0 Å². The lowest BCUT2D eigenvalue weighted by Crippen LogP contribution is -2.38. The number of anilines is 1. The van der Waals surface area contributed by atoms with E-state index in [1.54, 1.807) is 19.2 Å². The highest BCUT2D eigenvalue weighted by Gasteiger charge is 2.24. The van der Waals surface area contributed by atoms with Gasteiger partial charge in [-0.3, -0.25) is 0 Å². The minimum Gasteiger partial charge on any atom is -0.399 e. The van der Waals surface area contributed by atoms with E-state index in [4.69, 9.17) is 10.5 Å². The predicted molar refractivity (Wildman–Crippen MR) is 87.1 cm³/mol. The summed E-state index contributed by atoms with van der Waals surface area (Å²) in [5.74, 6) is 0. The van der Waals surface area contributed by atoms with Crippen LogP contribution in [0, 0.1) is 0 Å². The standard InChI is InChI=1S/C12H18Br2N2O3S/c1-3-4-9(7-19-2)16-20(17,18)12-10(13)5-8(15)6-11(12)14/h5-6,9,16H,3-4,7,15H2,1-2H3. The summed E-state index contributed by atoms with van der Waals surface area (Å²) < 4.78 is 33.5. The van der Waals surface area contributed by atoms with Gasteiger partial charge in [-0.25, -0.2) is 13.1 Å². The smallest absolute Gasteiger partial charge is 0.243 e. The largest absolute Gasteiger partial charge is 0.399 e. The highest BCUT2D eigenvalue weighted by molar-refractivity contribution is 9.11. The topological polar surface area (TPSA) is 81.4 Å². The molecule has 1 rings (SSSR count). The first kappa shape index (κ1) is 17.9. The van der Waals surface area contributed by atoms with Gasteiger partial charge in [-0.1, -0.05) is 13.3 Å². The van der Waals surface area contributed by atoms with Crippen LogP contribution in [0.3, 0.4) is 0 Å². The molecular weight excluding hydrogens is 412 g/mol. The number of ether oxygens (including phenoxy) is 1. The predicted octanol–water partition coefficient (Wildman–Crippen LogP) is 2.89. The van der Waals surface area contributed by atoms with Crippen LogP contribution >= 0.6 is 31.9 Å². The van der Waals surface area contributed by atoms with Crippen molar-refractivity contribution in [3.63, 3.8) is 0 Å². The Morgan fingerprint density at radius 3 is 2.35 bits per heavy atom. The molecule has 0 heterocycles. The van der Waals surface area contributed by atoms with Crippen LogP contribution < -0.4 is 10.5 Å². The number of sulfonamides is 1. The molecule has 1 aromatic carbocycles. The van der Waals surface area contributed by atoms with Crippen LogP contribution in [-0.2, 0) is 14.8 Å². The van der Waals surface area contributed by atoms with Gasteiger partial charge in [-0.05, 0) is 50.4 Å². The lowest BCUT2D eigenvalue weighted by molar-refractivity contribution is 0.171. The van der Waals surface area contributed by atoms with Crippen molar-refractivity contribution < 1.29 is 13.2 Å². The molecule has 0 radical (unpaired) electrons. The highest BCUT2D eigenvalue weighted by Crippen LogP contribution is 2.32. The van der Waals surface area contributed by atoms with E-state index in [1.807, 2.05) is 6.92 Å². The number of hydrogen-bond donors (Lipinski definition) is 2.